The maximum atomic E-state index is 13.9. The number of ether oxygens (including phenoxy) is 5. The molecule has 0 amide bonds. The minimum absolute atomic E-state index is 0.132. The minimum Gasteiger partial charge on any atom is -0.508 e. The molecule has 2 saturated heterocycles. The third-order valence-corrected chi connectivity index (χ3v) is 8.83. The molecule has 288 valence electrons. The van der Waals surface area contributed by atoms with E-state index in [2.05, 4.69) is 0 Å². The highest BCUT2D eigenvalue weighted by molar-refractivity contribution is 5.88. The van der Waals surface area contributed by atoms with Crippen LogP contribution < -0.4 is 10.2 Å². The van der Waals surface area contributed by atoms with E-state index < -0.39 is 108 Å². The topological polar surface area (TPSA) is 296 Å². The first kappa shape index (κ1) is 38.3. The maximum absolute atomic E-state index is 13.9. The summed E-state index contributed by atoms with van der Waals surface area (Å²) in [6, 6.07) is 11.0. The second-order valence-corrected chi connectivity index (χ2v) is 12.6. The first-order valence-corrected chi connectivity index (χ1v) is 16.3. The molecule has 2 aliphatic rings. The van der Waals surface area contributed by atoms with E-state index in [1.165, 1.54) is 55.5 Å². The van der Waals surface area contributed by atoms with Gasteiger partial charge in [0.2, 0.25) is 17.5 Å². The van der Waals surface area contributed by atoms with Gasteiger partial charge in [0, 0.05) is 23.8 Å². The minimum atomic E-state index is -2.00. The lowest BCUT2D eigenvalue weighted by molar-refractivity contribution is -0.355. The number of hydrogen-bond acceptors (Lipinski definition) is 18. The van der Waals surface area contributed by atoms with E-state index in [1.54, 1.807) is 0 Å². The van der Waals surface area contributed by atoms with Gasteiger partial charge in [-0.3, -0.25) is 4.79 Å². The molecule has 2 aliphatic heterocycles. The Morgan fingerprint density at radius 1 is 0.759 bits per heavy atom. The van der Waals surface area contributed by atoms with Crippen molar-refractivity contribution in [2.75, 3.05) is 6.61 Å². The van der Waals surface area contributed by atoms with Crippen LogP contribution >= 0.6 is 0 Å². The lowest BCUT2D eigenvalue weighted by Gasteiger charge is -2.45. The Hall–Kier alpha value is -5.44. The van der Waals surface area contributed by atoms with Gasteiger partial charge < -0.3 is 79.2 Å². The van der Waals surface area contributed by atoms with Crippen molar-refractivity contribution in [1.29, 1.82) is 0 Å². The molecule has 6 rings (SSSR count). The molecule has 3 aromatic carbocycles. The molecule has 2 fully saturated rings. The molecule has 18 heteroatoms. The molecular weight excluding hydrogens is 720 g/mol. The predicted molar refractivity (Wildman–Crippen MR) is 181 cm³/mol. The van der Waals surface area contributed by atoms with Crippen molar-refractivity contribution in [2.24, 2.45) is 0 Å². The van der Waals surface area contributed by atoms with E-state index >= 15 is 0 Å². The van der Waals surface area contributed by atoms with Crippen molar-refractivity contribution in [2.45, 2.75) is 68.3 Å². The largest absolute Gasteiger partial charge is 0.508 e. The van der Waals surface area contributed by atoms with Crippen LogP contribution in [0.1, 0.15) is 12.5 Å². The average Bonchev–Trinajstić information content (AvgIpc) is 3.13. The van der Waals surface area contributed by atoms with Crippen molar-refractivity contribution >= 4 is 23.0 Å². The average molecular weight is 757 g/mol. The highest BCUT2D eigenvalue weighted by Gasteiger charge is 2.51. The summed E-state index contributed by atoms with van der Waals surface area (Å²) in [6.45, 7) is 0.680. The van der Waals surface area contributed by atoms with Crippen LogP contribution in [0.25, 0.3) is 28.4 Å². The van der Waals surface area contributed by atoms with E-state index in [9.17, 15) is 60.7 Å². The Labute approximate surface area is 304 Å². The summed E-state index contributed by atoms with van der Waals surface area (Å²) in [4.78, 5) is 26.3. The summed E-state index contributed by atoms with van der Waals surface area (Å²) in [7, 11) is 0. The molecule has 0 bridgehead atoms. The number of fused-ring (bicyclic) bond motifs is 1. The monoisotopic (exact) mass is 756 g/mol. The van der Waals surface area contributed by atoms with E-state index in [1.807, 2.05) is 0 Å². The molecule has 0 aliphatic carbocycles. The molecule has 3 heterocycles. The molecular formula is C36H36O18. The van der Waals surface area contributed by atoms with E-state index in [-0.39, 0.29) is 28.4 Å². The van der Waals surface area contributed by atoms with Gasteiger partial charge >= 0.3 is 5.97 Å². The quantitative estimate of drug-likeness (QED) is 0.0623. The van der Waals surface area contributed by atoms with Crippen molar-refractivity contribution < 1.29 is 84.0 Å². The van der Waals surface area contributed by atoms with Crippen LogP contribution in [-0.4, -0.2) is 125 Å². The molecule has 0 saturated carbocycles. The van der Waals surface area contributed by atoms with Gasteiger partial charge in [0.1, 0.15) is 71.4 Å². The Bertz CT molecular complexity index is 2080. The summed E-state index contributed by atoms with van der Waals surface area (Å²) < 4.78 is 34.2. The number of esters is 1. The van der Waals surface area contributed by atoms with Crippen LogP contribution in [0.3, 0.4) is 0 Å². The molecule has 10 atom stereocenters. The Morgan fingerprint density at radius 3 is 2.19 bits per heavy atom. The number of carbonyl (C=O) groups is 1. The van der Waals surface area contributed by atoms with Gasteiger partial charge in [0.25, 0.3) is 0 Å². The van der Waals surface area contributed by atoms with E-state index in [0.29, 0.717) is 5.56 Å². The molecule has 18 nitrogen and oxygen atoms in total. The summed E-state index contributed by atoms with van der Waals surface area (Å²) in [5.74, 6) is -3.86. The highest BCUT2D eigenvalue weighted by Crippen LogP contribution is 2.38. The number of phenolic OH excluding ortho intramolecular Hbond substituents is 5. The second kappa shape index (κ2) is 15.5. The fourth-order valence-electron chi connectivity index (χ4n) is 5.88. The predicted octanol–water partition coefficient (Wildman–Crippen LogP) is 0.283. The highest BCUT2D eigenvalue weighted by atomic mass is 16.8. The molecule has 54 heavy (non-hydrogen) atoms. The van der Waals surface area contributed by atoms with Gasteiger partial charge in [-0.25, -0.2) is 4.79 Å². The third-order valence-electron chi connectivity index (χ3n) is 8.83. The summed E-state index contributed by atoms with van der Waals surface area (Å²) >= 11 is 0. The zero-order valence-corrected chi connectivity index (χ0v) is 28.1. The Morgan fingerprint density at radius 2 is 1.48 bits per heavy atom. The zero-order valence-electron chi connectivity index (χ0n) is 28.1. The number of phenols is 5. The summed E-state index contributed by atoms with van der Waals surface area (Å²) in [5, 5.41) is 103. The fraction of sp³-hybridized carbons (Fsp3) is 0.333. The molecule has 0 unspecified atom stereocenters. The van der Waals surface area contributed by atoms with Gasteiger partial charge in [0.05, 0.1) is 6.10 Å². The van der Waals surface area contributed by atoms with Crippen LogP contribution in [0.2, 0.25) is 0 Å². The van der Waals surface area contributed by atoms with Crippen molar-refractivity contribution in [3.63, 3.8) is 0 Å². The van der Waals surface area contributed by atoms with Gasteiger partial charge in [-0.05, 0) is 55.0 Å². The van der Waals surface area contributed by atoms with Gasteiger partial charge in [0.15, 0.2) is 29.7 Å². The van der Waals surface area contributed by atoms with Crippen molar-refractivity contribution in [3.05, 3.63) is 76.5 Å². The van der Waals surface area contributed by atoms with Crippen LogP contribution in [-0.2, 0) is 23.7 Å². The molecule has 0 radical (unpaired) electrons. The second-order valence-electron chi connectivity index (χ2n) is 12.6. The van der Waals surface area contributed by atoms with Gasteiger partial charge in [-0.15, -0.1) is 0 Å². The van der Waals surface area contributed by atoms with Crippen molar-refractivity contribution in [3.8, 4) is 45.8 Å². The van der Waals surface area contributed by atoms with E-state index in [0.717, 1.165) is 18.2 Å². The van der Waals surface area contributed by atoms with Gasteiger partial charge in [-0.2, -0.15) is 0 Å². The van der Waals surface area contributed by atoms with Crippen LogP contribution in [0, 0.1) is 0 Å². The molecule has 4 aromatic rings. The fourth-order valence-corrected chi connectivity index (χ4v) is 5.88. The third kappa shape index (κ3) is 7.77. The number of benzene rings is 3. The van der Waals surface area contributed by atoms with Crippen LogP contribution in [0.5, 0.6) is 34.5 Å². The SMILES string of the molecule is C[C@@H]1O[C@@H](Oc2c(-c3ccc(O)cc3)oc3cc(O)cc(O)c3c2=O)[C@H](O[C@@H]2O[C@H](COC(=O)/C=C/c3ccc(O)c(O)c3)[C@@H](O)[C@H](O)[C@H]2O)[C@H](O)[C@H]1O. The van der Waals surface area contributed by atoms with Crippen LogP contribution in [0.4, 0.5) is 0 Å². The summed E-state index contributed by atoms with van der Waals surface area (Å²) in [6.07, 6.45) is -15.3. The van der Waals surface area contributed by atoms with E-state index in [4.69, 9.17) is 28.1 Å². The number of aliphatic hydroxyl groups excluding tert-OH is 5. The maximum Gasteiger partial charge on any atom is 0.330 e. The number of rotatable bonds is 9. The molecule has 1 aromatic heterocycles. The number of carbonyl (C=O) groups excluding carboxylic acids is 1. The van der Waals surface area contributed by atoms with Gasteiger partial charge in [-0.1, -0.05) is 6.07 Å². The normalized spacial score (nSPS) is 28.6. The Balaban J connectivity index is 1.26. The Kier molecular flexibility index (Phi) is 11.0. The molecule has 0 spiro atoms. The number of aliphatic hydroxyl groups is 5. The first-order chi connectivity index (χ1) is 25.6. The lowest BCUT2D eigenvalue weighted by Crippen LogP contribution is -2.64. The smallest absolute Gasteiger partial charge is 0.330 e. The lowest BCUT2D eigenvalue weighted by atomic mass is 9.97. The molecule has 10 N–H and O–H groups in total. The zero-order chi connectivity index (χ0) is 39.0. The standard InChI is InChI=1S/C36H36O18/c1-14-26(43)30(47)34(54-35-31(48)29(46)27(44)23(52-35)13-49-24(42)9-3-15-2-8-19(39)20(40)10-15)36(50-14)53-33-28(45)25-21(41)11-18(38)12-22(25)51-32(33)16-4-6-17(37)7-5-16/h2-12,14,23,26-27,29-31,34-41,43-44,46-48H,13H2,1H3/b9-3+/t14-,23+,26-,27+,29-,30+,31+,34+,35-,36-/m0/s1. The first-order valence-electron chi connectivity index (χ1n) is 16.3. The number of hydrogen-bond donors (Lipinski definition) is 10. The number of aromatic hydroxyl groups is 5. The summed E-state index contributed by atoms with van der Waals surface area (Å²) in [5.41, 5.74) is -0.721. The van der Waals surface area contributed by atoms with Crippen LogP contribution in [0.15, 0.2) is 69.9 Å². The van der Waals surface area contributed by atoms with Crippen molar-refractivity contribution in [1.82, 2.24) is 0 Å².